The van der Waals surface area contributed by atoms with E-state index in [0.717, 1.165) is 19.6 Å². The number of hydrogen-bond donors (Lipinski definition) is 0. The molecule has 0 radical (unpaired) electrons. The lowest BCUT2D eigenvalue weighted by atomic mass is 10.0. The minimum Gasteiger partial charge on any atom is -0.308 e. The van der Waals surface area contributed by atoms with E-state index in [4.69, 9.17) is 0 Å². The molecule has 0 amide bonds. The normalized spacial score (nSPS) is 12.6. The fourth-order valence-electron chi connectivity index (χ4n) is 3.98. The van der Waals surface area contributed by atoms with Crippen LogP contribution >= 0.6 is 0 Å². The minimum absolute atomic E-state index is 0.126. The number of nitrogens with zero attached hydrogens (tertiary/aromatic N) is 3. The average Bonchev–Trinajstić information content (AvgIpc) is 2.66. The van der Waals surface area contributed by atoms with Crippen LogP contribution in [0.3, 0.4) is 0 Å². The topological polar surface area (TPSA) is 30.3 Å². The SMILES string of the molecule is CCCCCCCCCCCCCCCCCCN(C)CC(C#N)CN(C)C. The van der Waals surface area contributed by atoms with E-state index in [1.165, 1.54) is 103 Å². The van der Waals surface area contributed by atoms with E-state index in [0.29, 0.717) is 0 Å². The van der Waals surface area contributed by atoms with Crippen LogP contribution in [-0.4, -0.2) is 50.6 Å². The van der Waals surface area contributed by atoms with Crippen molar-refractivity contribution in [3.8, 4) is 6.07 Å². The van der Waals surface area contributed by atoms with Crippen molar-refractivity contribution in [3.63, 3.8) is 0 Å². The second kappa shape index (κ2) is 21.1. The maximum Gasteiger partial charge on any atom is 0.0717 e. The van der Waals surface area contributed by atoms with Crippen molar-refractivity contribution in [1.82, 2.24) is 9.80 Å². The first-order chi connectivity index (χ1) is 13.6. The van der Waals surface area contributed by atoms with Crippen LogP contribution < -0.4 is 0 Å². The molecule has 1 unspecified atom stereocenters. The summed E-state index contributed by atoms with van der Waals surface area (Å²) in [7, 11) is 6.24. The summed E-state index contributed by atoms with van der Waals surface area (Å²) in [5.41, 5.74) is 0. The van der Waals surface area contributed by atoms with Crippen LogP contribution in [0.2, 0.25) is 0 Å². The number of hydrogen-bond acceptors (Lipinski definition) is 3. The van der Waals surface area contributed by atoms with E-state index in [9.17, 15) is 5.26 Å². The summed E-state index contributed by atoms with van der Waals surface area (Å²) in [6.45, 7) is 5.18. The predicted molar refractivity (Wildman–Crippen MR) is 125 cm³/mol. The molecule has 0 aliphatic carbocycles. The Balaban J connectivity index is 3.28. The van der Waals surface area contributed by atoms with Crippen molar-refractivity contribution in [3.05, 3.63) is 0 Å². The molecule has 0 saturated carbocycles. The Labute approximate surface area is 177 Å². The largest absolute Gasteiger partial charge is 0.308 e. The third kappa shape index (κ3) is 20.2. The third-order valence-electron chi connectivity index (χ3n) is 5.69. The van der Waals surface area contributed by atoms with Crippen LogP contribution in [0, 0.1) is 17.2 Å². The molecule has 28 heavy (non-hydrogen) atoms. The second-order valence-electron chi connectivity index (χ2n) is 9.15. The zero-order valence-electron chi connectivity index (χ0n) is 19.9. The van der Waals surface area contributed by atoms with Crippen molar-refractivity contribution in [2.45, 2.75) is 110 Å². The van der Waals surface area contributed by atoms with Gasteiger partial charge in [0.25, 0.3) is 0 Å². The van der Waals surface area contributed by atoms with Gasteiger partial charge < -0.3 is 9.80 Å². The molecule has 0 saturated heterocycles. The van der Waals surface area contributed by atoms with Gasteiger partial charge in [0, 0.05) is 13.1 Å². The molecule has 0 spiro atoms. The van der Waals surface area contributed by atoms with Crippen molar-refractivity contribution < 1.29 is 0 Å². The van der Waals surface area contributed by atoms with Crippen molar-refractivity contribution >= 4 is 0 Å². The Bertz CT molecular complexity index is 348. The molecule has 0 aliphatic rings. The summed E-state index contributed by atoms with van der Waals surface area (Å²) in [6, 6.07) is 2.44. The van der Waals surface area contributed by atoms with Gasteiger partial charge >= 0.3 is 0 Å². The van der Waals surface area contributed by atoms with Gasteiger partial charge in [0.1, 0.15) is 0 Å². The first kappa shape index (κ1) is 27.4. The summed E-state index contributed by atoms with van der Waals surface area (Å²) in [6.07, 6.45) is 22.7. The van der Waals surface area contributed by atoms with Gasteiger partial charge in [-0.2, -0.15) is 5.26 Å². The molecule has 0 rings (SSSR count). The second-order valence-corrected chi connectivity index (χ2v) is 9.15. The van der Waals surface area contributed by atoms with Crippen LogP contribution in [0.15, 0.2) is 0 Å². The zero-order chi connectivity index (χ0) is 20.9. The van der Waals surface area contributed by atoms with Crippen LogP contribution in [0.5, 0.6) is 0 Å². The molecule has 0 bridgehead atoms. The monoisotopic (exact) mass is 393 g/mol. The van der Waals surface area contributed by atoms with E-state index < -0.39 is 0 Å². The first-order valence-corrected chi connectivity index (χ1v) is 12.3. The van der Waals surface area contributed by atoms with Crippen LogP contribution in [0.1, 0.15) is 110 Å². The summed E-state index contributed by atoms with van der Waals surface area (Å²) in [5, 5.41) is 9.23. The fourth-order valence-corrected chi connectivity index (χ4v) is 3.98. The molecule has 0 aromatic carbocycles. The number of unbranched alkanes of at least 4 members (excludes halogenated alkanes) is 15. The molecule has 0 heterocycles. The molecule has 0 aromatic heterocycles. The van der Waals surface area contributed by atoms with Gasteiger partial charge in [-0.05, 0) is 34.1 Å². The minimum atomic E-state index is 0.126. The summed E-state index contributed by atoms with van der Waals surface area (Å²) in [5.74, 6) is 0.126. The summed E-state index contributed by atoms with van der Waals surface area (Å²) in [4.78, 5) is 4.44. The zero-order valence-corrected chi connectivity index (χ0v) is 19.9. The number of nitriles is 1. The van der Waals surface area contributed by atoms with E-state index in [1.807, 2.05) is 14.1 Å². The van der Waals surface area contributed by atoms with E-state index in [-0.39, 0.29) is 5.92 Å². The van der Waals surface area contributed by atoms with Crippen LogP contribution in [0.25, 0.3) is 0 Å². The van der Waals surface area contributed by atoms with Crippen molar-refractivity contribution in [1.29, 1.82) is 5.26 Å². The Kier molecular flexibility index (Phi) is 20.7. The molecule has 3 nitrogen and oxygen atoms in total. The lowest BCUT2D eigenvalue weighted by molar-refractivity contribution is 0.260. The van der Waals surface area contributed by atoms with Gasteiger partial charge in [0.05, 0.1) is 12.0 Å². The van der Waals surface area contributed by atoms with Gasteiger partial charge in [-0.25, -0.2) is 0 Å². The van der Waals surface area contributed by atoms with E-state index in [1.54, 1.807) is 0 Å². The van der Waals surface area contributed by atoms with Gasteiger partial charge in [-0.1, -0.05) is 103 Å². The van der Waals surface area contributed by atoms with Gasteiger partial charge in [0.15, 0.2) is 0 Å². The van der Waals surface area contributed by atoms with Crippen molar-refractivity contribution in [2.24, 2.45) is 5.92 Å². The average molecular weight is 394 g/mol. The molecular weight excluding hydrogens is 342 g/mol. The Morgan fingerprint density at radius 1 is 0.607 bits per heavy atom. The Hall–Kier alpha value is -0.590. The molecule has 0 aromatic rings. The molecule has 0 N–H and O–H groups in total. The van der Waals surface area contributed by atoms with Gasteiger partial charge in [-0.3, -0.25) is 0 Å². The highest BCUT2D eigenvalue weighted by atomic mass is 15.1. The molecule has 166 valence electrons. The lowest BCUT2D eigenvalue weighted by Crippen LogP contribution is -2.32. The number of rotatable bonds is 21. The van der Waals surface area contributed by atoms with Crippen LogP contribution in [-0.2, 0) is 0 Å². The lowest BCUT2D eigenvalue weighted by Gasteiger charge is -2.21. The molecule has 1 atom stereocenters. The van der Waals surface area contributed by atoms with Crippen LogP contribution in [0.4, 0.5) is 0 Å². The smallest absolute Gasteiger partial charge is 0.0717 e. The molecule has 0 fully saturated rings. The summed E-state index contributed by atoms with van der Waals surface area (Å²) < 4.78 is 0. The third-order valence-corrected chi connectivity index (χ3v) is 5.69. The standard InChI is InChI=1S/C25H51N3/c1-5-6-7-8-9-10-11-12-13-14-15-16-17-18-19-20-21-28(4)24-25(22-26)23-27(2)3/h25H,5-21,23-24H2,1-4H3. The maximum absolute atomic E-state index is 9.23. The molecule has 0 aliphatic heterocycles. The van der Waals surface area contributed by atoms with Gasteiger partial charge in [-0.15, -0.1) is 0 Å². The summed E-state index contributed by atoms with van der Waals surface area (Å²) >= 11 is 0. The maximum atomic E-state index is 9.23. The Morgan fingerprint density at radius 3 is 1.36 bits per heavy atom. The molecule has 3 heteroatoms. The van der Waals surface area contributed by atoms with Crippen molar-refractivity contribution in [2.75, 3.05) is 40.8 Å². The highest BCUT2D eigenvalue weighted by Gasteiger charge is 2.11. The Morgan fingerprint density at radius 2 is 1.00 bits per heavy atom. The first-order valence-electron chi connectivity index (χ1n) is 12.3. The fraction of sp³-hybridized carbons (Fsp3) is 0.960. The van der Waals surface area contributed by atoms with Gasteiger partial charge in [0.2, 0.25) is 0 Å². The highest BCUT2D eigenvalue weighted by molar-refractivity contribution is 4.86. The predicted octanol–water partition coefficient (Wildman–Crippen LogP) is 6.88. The quantitative estimate of drug-likeness (QED) is 0.199. The molecular formula is C25H51N3. The highest BCUT2D eigenvalue weighted by Crippen LogP contribution is 2.13. The van der Waals surface area contributed by atoms with E-state index in [2.05, 4.69) is 29.8 Å². The van der Waals surface area contributed by atoms with E-state index >= 15 is 0 Å².